The van der Waals surface area contributed by atoms with E-state index in [1.165, 1.54) is 43.5 Å². The maximum absolute atomic E-state index is 13.1. The molecule has 0 unspecified atom stereocenters. The molecule has 5 atom stereocenters. The number of ether oxygens (including phenoxy) is 5. The number of carbonyl (C=O) groups excluding carboxylic acids is 3. The van der Waals surface area contributed by atoms with Gasteiger partial charge in [-0.2, -0.15) is 0 Å². The van der Waals surface area contributed by atoms with Crippen molar-refractivity contribution in [3.8, 4) is 0 Å². The van der Waals surface area contributed by atoms with Gasteiger partial charge in [0, 0.05) is 7.11 Å². The molecule has 1 aliphatic heterocycles. The van der Waals surface area contributed by atoms with Crippen LogP contribution in [-0.2, 0) is 28.5 Å². The van der Waals surface area contributed by atoms with E-state index in [1.54, 1.807) is 54.6 Å². The van der Waals surface area contributed by atoms with Gasteiger partial charge in [-0.15, -0.1) is 0 Å². The van der Waals surface area contributed by atoms with Gasteiger partial charge in [0.25, 0.3) is 0 Å². The smallest absolute Gasteiger partial charge is 0.338 e. The molecule has 3 aromatic carbocycles. The Labute approximate surface area is 217 Å². The van der Waals surface area contributed by atoms with E-state index in [0.29, 0.717) is 0 Å². The molecule has 1 heterocycles. The highest BCUT2D eigenvalue weighted by molar-refractivity contribution is 5.91. The molecular formula is C28H24O10. The number of methoxy groups -OCH3 is 1. The van der Waals surface area contributed by atoms with Crippen molar-refractivity contribution in [3.63, 3.8) is 0 Å². The Hall–Kier alpha value is -4.54. The molecule has 1 aliphatic rings. The lowest BCUT2D eigenvalue weighted by Crippen LogP contribution is -2.63. The first-order valence-electron chi connectivity index (χ1n) is 11.6. The van der Waals surface area contributed by atoms with Crippen molar-refractivity contribution in [1.29, 1.82) is 0 Å². The highest BCUT2D eigenvalue weighted by Crippen LogP contribution is 2.31. The predicted octanol–water partition coefficient (Wildman–Crippen LogP) is 3.12. The molecule has 3 aromatic rings. The molecule has 1 N–H and O–H groups in total. The van der Waals surface area contributed by atoms with Gasteiger partial charge >= 0.3 is 23.9 Å². The summed E-state index contributed by atoms with van der Waals surface area (Å²) in [6, 6.07) is 23.7. The van der Waals surface area contributed by atoms with E-state index in [0.717, 1.165) is 0 Å². The van der Waals surface area contributed by atoms with E-state index in [-0.39, 0.29) is 16.7 Å². The zero-order valence-electron chi connectivity index (χ0n) is 20.2. The number of carboxylic acid groups (broad SMARTS) is 1. The molecule has 38 heavy (non-hydrogen) atoms. The second-order valence-corrected chi connectivity index (χ2v) is 8.21. The number of benzene rings is 3. The summed E-state index contributed by atoms with van der Waals surface area (Å²) in [5.41, 5.74) is 0.436. The summed E-state index contributed by atoms with van der Waals surface area (Å²) in [6.07, 6.45) is -8.09. The van der Waals surface area contributed by atoms with Crippen molar-refractivity contribution >= 4 is 23.9 Å². The second-order valence-electron chi connectivity index (χ2n) is 8.21. The van der Waals surface area contributed by atoms with Crippen LogP contribution in [0.25, 0.3) is 0 Å². The van der Waals surface area contributed by atoms with E-state index in [4.69, 9.17) is 23.7 Å². The van der Waals surface area contributed by atoms with Crippen molar-refractivity contribution in [2.45, 2.75) is 30.7 Å². The molecule has 0 bridgehead atoms. The van der Waals surface area contributed by atoms with Crippen LogP contribution in [0.1, 0.15) is 31.1 Å². The number of rotatable bonds is 8. The maximum Gasteiger partial charge on any atom is 0.338 e. The Morgan fingerprint density at radius 1 is 0.605 bits per heavy atom. The Morgan fingerprint density at radius 3 is 1.34 bits per heavy atom. The van der Waals surface area contributed by atoms with Gasteiger partial charge < -0.3 is 28.8 Å². The molecule has 0 amide bonds. The lowest BCUT2D eigenvalue weighted by molar-refractivity contribution is -0.285. The summed E-state index contributed by atoms with van der Waals surface area (Å²) in [6.45, 7) is 0. The monoisotopic (exact) mass is 520 g/mol. The number of carbonyl (C=O) groups is 4. The van der Waals surface area contributed by atoms with Gasteiger partial charge in [-0.05, 0) is 36.4 Å². The number of aliphatic carboxylic acids is 1. The number of hydrogen-bond acceptors (Lipinski definition) is 9. The highest BCUT2D eigenvalue weighted by Gasteiger charge is 2.55. The van der Waals surface area contributed by atoms with Gasteiger partial charge in [0.1, 0.15) is 0 Å². The van der Waals surface area contributed by atoms with Gasteiger partial charge in [0.15, 0.2) is 30.7 Å². The average Bonchev–Trinajstić information content (AvgIpc) is 2.95. The van der Waals surface area contributed by atoms with Crippen LogP contribution >= 0.6 is 0 Å². The molecule has 4 rings (SSSR count). The molecule has 0 saturated carbocycles. The minimum Gasteiger partial charge on any atom is -0.479 e. The van der Waals surface area contributed by atoms with Crippen LogP contribution in [0, 0.1) is 0 Å². The fraction of sp³-hybridized carbons (Fsp3) is 0.214. The lowest BCUT2D eigenvalue weighted by Gasteiger charge is -2.42. The predicted molar refractivity (Wildman–Crippen MR) is 130 cm³/mol. The van der Waals surface area contributed by atoms with Crippen LogP contribution in [0.4, 0.5) is 0 Å². The highest BCUT2D eigenvalue weighted by atomic mass is 16.7. The molecule has 10 nitrogen and oxygen atoms in total. The van der Waals surface area contributed by atoms with Crippen LogP contribution in [-0.4, -0.2) is 66.8 Å². The first-order chi connectivity index (χ1) is 18.4. The first-order valence-corrected chi connectivity index (χ1v) is 11.6. The van der Waals surface area contributed by atoms with Gasteiger partial charge in [-0.25, -0.2) is 19.2 Å². The Balaban J connectivity index is 1.72. The second kappa shape index (κ2) is 12.1. The van der Waals surface area contributed by atoms with E-state index >= 15 is 0 Å². The van der Waals surface area contributed by atoms with Gasteiger partial charge in [0.2, 0.25) is 0 Å². The standard InChI is InChI=1S/C28H24O10/c1-34-28-23(37-27(33)19-15-9-4-10-16-19)21(36-26(32)18-13-7-3-8-14-18)20(22(38-28)24(29)30)35-25(31)17-11-5-2-6-12-17/h2-16,20-23,28H,1H3,(H,29,30)/t20-,21-,22-,23-,28-/m0/s1. The lowest BCUT2D eigenvalue weighted by atomic mass is 9.97. The van der Waals surface area contributed by atoms with Crippen LogP contribution in [0.2, 0.25) is 0 Å². The van der Waals surface area contributed by atoms with Crippen molar-refractivity contribution in [1.82, 2.24) is 0 Å². The number of hydrogen-bond donors (Lipinski definition) is 1. The van der Waals surface area contributed by atoms with E-state index in [9.17, 15) is 24.3 Å². The molecule has 1 saturated heterocycles. The first kappa shape index (κ1) is 26.5. The number of carboxylic acids is 1. The summed E-state index contributed by atoms with van der Waals surface area (Å²) in [5, 5.41) is 9.90. The zero-order chi connectivity index (χ0) is 27.1. The zero-order valence-corrected chi connectivity index (χ0v) is 20.2. The van der Waals surface area contributed by atoms with Crippen molar-refractivity contribution in [2.24, 2.45) is 0 Å². The van der Waals surface area contributed by atoms with Gasteiger partial charge in [-0.1, -0.05) is 54.6 Å². The number of esters is 3. The van der Waals surface area contributed by atoms with E-state index < -0.39 is 54.6 Å². The van der Waals surface area contributed by atoms with Crippen LogP contribution in [0.15, 0.2) is 91.0 Å². The summed E-state index contributed by atoms with van der Waals surface area (Å²) in [7, 11) is 1.21. The van der Waals surface area contributed by atoms with Crippen LogP contribution in [0.5, 0.6) is 0 Å². The summed E-state index contributed by atoms with van der Waals surface area (Å²) < 4.78 is 27.7. The third kappa shape index (κ3) is 6.05. The Kier molecular flexibility index (Phi) is 8.47. The minimum absolute atomic E-state index is 0.122. The molecule has 10 heteroatoms. The molecule has 1 fully saturated rings. The largest absolute Gasteiger partial charge is 0.479 e. The average molecular weight is 520 g/mol. The molecule has 0 spiro atoms. The van der Waals surface area contributed by atoms with Crippen LogP contribution in [0.3, 0.4) is 0 Å². The van der Waals surface area contributed by atoms with Crippen molar-refractivity contribution < 1.29 is 48.0 Å². The molecule has 0 aromatic heterocycles. The molecule has 0 radical (unpaired) electrons. The third-order valence-electron chi connectivity index (χ3n) is 5.73. The topological polar surface area (TPSA) is 135 Å². The Morgan fingerprint density at radius 2 is 0.974 bits per heavy atom. The summed E-state index contributed by atoms with van der Waals surface area (Å²) >= 11 is 0. The maximum atomic E-state index is 13.1. The quantitative estimate of drug-likeness (QED) is 0.349. The fourth-order valence-corrected chi connectivity index (χ4v) is 3.89. The third-order valence-corrected chi connectivity index (χ3v) is 5.73. The SMILES string of the molecule is CO[C@H]1O[C@H](C(=O)O)[C@@H](OC(=O)c2ccccc2)[C@H](OC(=O)c2ccccc2)[C@@H]1OC(=O)c1ccccc1. The molecular weight excluding hydrogens is 496 g/mol. The van der Waals surface area contributed by atoms with Crippen LogP contribution < -0.4 is 0 Å². The van der Waals surface area contributed by atoms with E-state index in [1.807, 2.05) is 0 Å². The van der Waals surface area contributed by atoms with Gasteiger partial charge in [0.05, 0.1) is 16.7 Å². The van der Waals surface area contributed by atoms with Crippen molar-refractivity contribution in [3.05, 3.63) is 108 Å². The fourth-order valence-electron chi connectivity index (χ4n) is 3.89. The molecule has 196 valence electrons. The van der Waals surface area contributed by atoms with Gasteiger partial charge in [-0.3, -0.25) is 0 Å². The Bertz CT molecular complexity index is 1260. The summed E-state index contributed by atoms with van der Waals surface area (Å²) in [4.78, 5) is 51.1. The summed E-state index contributed by atoms with van der Waals surface area (Å²) in [5.74, 6) is -4.08. The normalized spacial score (nSPS) is 22.6. The van der Waals surface area contributed by atoms with E-state index in [2.05, 4.69) is 0 Å². The molecule has 0 aliphatic carbocycles. The van der Waals surface area contributed by atoms with Crippen molar-refractivity contribution in [2.75, 3.05) is 7.11 Å². The minimum atomic E-state index is -1.81.